The zero-order valence-electron chi connectivity index (χ0n) is 21.2. The summed E-state index contributed by atoms with van der Waals surface area (Å²) in [6.45, 7) is 2.93. The number of fused-ring (bicyclic) bond motifs is 2. The summed E-state index contributed by atoms with van der Waals surface area (Å²) in [5, 5.41) is 5.11. The summed E-state index contributed by atoms with van der Waals surface area (Å²) in [4.78, 5) is 17.6. The van der Waals surface area contributed by atoms with Gasteiger partial charge >= 0.3 is 0 Å². The molecule has 0 N–H and O–H groups in total. The minimum atomic E-state index is -0.382. The van der Waals surface area contributed by atoms with E-state index in [1.54, 1.807) is 11.0 Å². The molecule has 0 radical (unpaired) electrons. The van der Waals surface area contributed by atoms with Gasteiger partial charge in [0, 0.05) is 48.1 Å². The van der Waals surface area contributed by atoms with E-state index in [1.165, 1.54) is 36.4 Å². The van der Waals surface area contributed by atoms with Gasteiger partial charge in [0.25, 0.3) is 5.91 Å². The van der Waals surface area contributed by atoms with Crippen molar-refractivity contribution in [1.82, 2.24) is 15.0 Å². The molecule has 1 amide bonds. The molecule has 0 spiro atoms. The first-order chi connectivity index (χ1) is 18.5. The standard InChI is InChI=1S/C30H30F3N3O2/c31-21-6-4-20(5-7-21)30(37)36-17-12-23-24(2-1-3-26(23)33)27(36)13-16-35-14-10-19(11-15-35)29-25-9-8-22(32)18-28(25)38-34-29/h4-9,18-19H,1-3,10-17H2. The number of carbonyl (C=O) groups is 1. The van der Waals surface area contributed by atoms with Crippen molar-refractivity contribution in [3.05, 3.63) is 88.0 Å². The second kappa shape index (κ2) is 10.4. The number of hydrogen-bond donors (Lipinski definition) is 0. The maximum Gasteiger partial charge on any atom is 0.258 e. The van der Waals surface area contributed by atoms with E-state index in [1.807, 2.05) is 0 Å². The number of piperidine rings is 1. The molecule has 3 aliphatic rings. The van der Waals surface area contributed by atoms with Gasteiger partial charge in [-0.05, 0) is 99.2 Å². The summed E-state index contributed by atoms with van der Waals surface area (Å²) >= 11 is 0. The van der Waals surface area contributed by atoms with Crippen LogP contribution in [0.5, 0.6) is 0 Å². The molecule has 1 saturated heterocycles. The van der Waals surface area contributed by atoms with Crippen molar-refractivity contribution < 1.29 is 22.5 Å². The van der Waals surface area contributed by atoms with Crippen LogP contribution in [0.2, 0.25) is 0 Å². The molecule has 8 heteroatoms. The van der Waals surface area contributed by atoms with Crippen molar-refractivity contribution in [2.24, 2.45) is 0 Å². The highest BCUT2D eigenvalue weighted by Gasteiger charge is 2.32. The number of allylic oxidation sites excluding steroid dienone is 2. The molecule has 198 valence electrons. The van der Waals surface area contributed by atoms with Crippen molar-refractivity contribution in [2.45, 2.75) is 50.9 Å². The fourth-order valence-electron chi connectivity index (χ4n) is 6.19. The third-order valence-corrected chi connectivity index (χ3v) is 8.21. The number of rotatable bonds is 5. The van der Waals surface area contributed by atoms with Crippen molar-refractivity contribution in [3.63, 3.8) is 0 Å². The number of nitrogens with zero attached hydrogens (tertiary/aromatic N) is 3. The number of aromatic nitrogens is 1. The topological polar surface area (TPSA) is 49.6 Å². The molecule has 2 aliphatic heterocycles. The lowest BCUT2D eigenvalue weighted by molar-refractivity contribution is 0.0789. The predicted octanol–water partition coefficient (Wildman–Crippen LogP) is 6.88. The van der Waals surface area contributed by atoms with Crippen LogP contribution in [0.3, 0.4) is 0 Å². The van der Waals surface area contributed by atoms with Gasteiger partial charge in [-0.2, -0.15) is 0 Å². The molecule has 38 heavy (non-hydrogen) atoms. The SMILES string of the molecule is O=C(c1ccc(F)cc1)N1CCC2=C(F)CCCC2=C1CCN1CCC(c2noc3cc(F)ccc23)CC1. The molecular weight excluding hydrogens is 491 g/mol. The zero-order valence-corrected chi connectivity index (χ0v) is 21.2. The lowest BCUT2D eigenvalue weighted by atomic mass is 9.85. The van der Waals surface area contributed by atoms with Crippen LogP contribution < -0.4 is 0 Å². The van der Waals surface area contributed by atoms with Crippen molar-refractivity contribution in [3.8, 4) is 0 Å². The normalized spacial score (nSPS) is 19.4. The van der Waals surface area contributed by atoms with Gasteiger partial charge in [0.15, 0.2) is 5.58 Å². The van der Waals surface area contributed by atoms with Gasteiger partial charge in [-0.25, -0.2) is 13.2 Å². The molecule has 0 atom stereocenters. The van der Waals surface area contributed by atoms with E-state index >= 15 is 0 Å². The van der Waals surface area contributed by atoms with Crippen LogP contribution in [-0.2, 0) is 0 Å². The zero-order chi connectivity index (χ0) is 26.2. The molecule has 1 aliphatic carbocycles. The summed E-state index contributed by atoms with van der Waals surface area (Å²) in [6.07, 6.45) is 4.95. The van der Waals surface area contributed by atoms with E-state index in [2.05, 4.69) is 10.1 Å². The first-order valence-electron chi connectivity index (χ1n) is 13.4. The van der Waals surface area contributed by atoms with Crippen molar-refractivity contribution in [1.29, 1.82) is 0 Å². The number of hydrogen-bond acceptors (Lipinski definition) is 4. The van der Waals surface area contributed by atoms with Gasteiger partial charge in [-0.1, -0.05) is 5.16 Å². The number of amides is 1. The van der Waals surface area contributed by atoms with Crippen LogP contribution >= 0.6 is 0 Å². The molecule has 0 saturated carbocycles. The van der Waals surface area contributed by atoms with Crippen LogP contribution in [0.1, 0.15) is 66.9 Å². The first kappa shape index (κ1) is 24.9. The first-order valence-corrected chi connectivity index (χ1v) is 13.4. The summed E-state index contributed by atoms with van der Waals surface area (Å²) in [6, 6.07) is 10.2. The molecule has 3 aromatic rings. The molecule has 0 unspecified atom stereocenters. The molecule has 6 rings (SSSR count). The number of benzene rings is 2. The minimum Gasteiger partial charge on any atom is -0.356 e. The van der Waals surface area contributed by atoms with E-state index in [4.69, 9.17) is 4.52 Å². The van der Waals surface area contributed by atoms with Crippen molar-refractivity contribution in [2.75, 3.05) is 26.2 Å². The van der Waals surface area contributed by atoms with Gasteiger partial charge in [0.1, 0.15) is 17.5 Å². The fourth-order valence-corrected chi connectivity index (χ4v) is 6.19. The Labute approximate surface area is 219 Å². The van der Waals surface area contributed by atoms with Gasteiger partial charge in [0.2, 0.25) is 0 Å². The van der Waals surface area contributed by atoms with E-state index < -0.39 is 0 Å². The van der Waals surface area contributed by atoms with Gasteiger partial charge in [-0.3, -0.25) is 4.79 Å². The number of carbonyl (C=O) groups excluding carboxylic acids is 1. The predicted molar refractivity (Wildman–Crippen MR) is 138 cm³/mol. The number of halogens is 3. The second-order valence-electron chi connectivity index (χ2n) is 10.5. The summed E-state index contributed by atoms with van der Waals surface area (Å²) in [7, 11) is 0. The molecule has 2 aromatic carbocycles. The maximum atomic E-state index is 14.7. The summed E-state index contributed by atoms with van der Waals surface area (Å²) in [5.41, 5.74) is 4.47. The average molecular weight is 522 g/mol. The maximum absolute atomic E-state index is 14.7. The van der Waals surface area contributed by atoms with E-state index in [9.17, 15) is 18.0 Å². The minimum absolute atomic E-state index is 0.0434. The van der Waals surface area contributed by atoms with E-state index in [0.29, 0.717) is 37.0 Å². The van der Waals surface area contributed by atoms with Crippen LogP contribution in [0.15, 0.2) is 69.7 Å². The van der Waals surface area contributed by atoms with E-state index in [-0.39, 0.29) is 29.3 Å². The Kier molecular flexibility index (Phi) is 6.82. The van der Waals surface area contributed by atoms with Gasteiger partial charge in [0.05, 0.1) is 5.69 Å². The third kappa shape index (κ3) is 4.77. The van der Waals surface area contributed by atoms with E-state index in [0.717, 1.165) is 73.2 Å². The van der Waals surface area contributed by atoms with Crippen LogP contribution in [-0.4, -0.2) is 47.0 Å². The fraction of sp³-hybridized carbons (Fsp3) is 0.400. The second-order valence-corrected chi connectivity index (χ2v) is 10.5. The summed E-state index contributed by atoms with van der Waals surface area (Å²) in [5.74, 6) is -0.680. The monoisotopic (exact) mass is 521 g/mol. The molecule has 0 bridgehead atoms. The lowest BCUT2D eigenvalue weighted by Crippen LogP contribution is -2.39. The molecule has 1 fully saturated rings. The Hall–Kier alpha value is -3.39. The van der Waals surface area contributed by atoms with Crippen LogP contribution in [0, 0.1) is 11.6 Å². The van der Waals surface area contributed by atoms with Crippen molar-refractivity contribution >= 4 is 16.9 Å². The Morgan fingerprint density at radius 3 is 2.47 bits per heavy atom. The number of likely N-dealkylation sites (tertiary alicyclic amines) is 1. The molecule has 3 heterocycles. The molecule has 5 nitrogen and oxygen atoms in total. The van der Waals surface area contributed by atoms with Gasteiger partial charge < -0.3 is 14.3 Å². The Bertz CT molecular complexity index is 1420. The van der Waals surface area contributed by atoms with Crippen LogP contribution in [0.25, 0.3) is 11.0 Å². The van der Waals surface area contributed by atoms with Gasteiger partial charge in [-0.15, -0.1) is 0 Å². The quantitative estimate of drug-likeness (QED) is 0.367. The molecule has 1 aromatic heterocycles. The van der Waals surface area contributed by atoms with Crippen LogP contribution in [0.4, 0.5) is 13.2 Å². The highest BCUT2D eigenvalue weighted by Crippen LogP contribution is 2.40. The Morgan fingerprint density at radius 1 is 0.921 bits per heavy atom. The lowest BCUT2D eigenvalue weighted by Gasteiger charge is -2.37. The smallest absolute Gasteiger partial charge is 0.258 e. The third-order valence-electron chi connectivity index (χ3n) is 8.21. The Balaban J connectivity index is 1.17. The summed E-state index contributed by atoms with van der Waals surface area (Å²) < 4.78 is 47.1. The Morgan fingerprint density at radius 2 is 1.68 bits per heavy atom. The highest BCUT2D eigenvalue weighted by atomic mass is 19.1. The average Bonchev–Trinajstić information content (AvgIpc) is 3.35. The largest absolute Gasteiger partial charge is 0.356 e. The highest BCUT2D eigenvalue weighted by molar-refractivity contribution is 5.95. The molecular formula is C30H30F3N3O2.